The predicted octanol–water partition coefficient (Wildman–Crippen LogP) is 3.83. The minimum absolute atomic E-state index is 0.150. The Kier molecular flexibility index (Phi) is 6.15. The maximum Gasteiger partial charge on any atom is 0.247 e. The smallest absolute Gasteiger partial charge is 0.247 e. The Morgan fingerprint density at radius 2 is 1.83 bits per heavy atom. The fourth-order valence-electron chi connectivity index (χ4n) is 5.23. The molecule has 29 heavy (non-hydrogen) atoms. The number of benzene rings is 1. The van der Waals surface area contributed by atoms with Crippen molar-refractivity contribution in [1.29, 1.82) is 0 Å². The third-order valence-corrected chi connectivity index (χ3v) is 10.4. The van der Waals surface area contributed by atoms with Crippen molar-refractivity contribution in [3.8, 4) is 0 Å². The highest BCUT2D eigenvalue weighted by atomic mass is 79.9. The molecule has 7 atom stereocenters. The number of halogens is 2. The van der Waals surface area contributed by atoms with Gasteiger partial charge in [-0.3, -0.25) is 19.3 Å². The lowest BCUT2D eigenvalue weighted by Gasteiger charge is -2.28. The molecule has 5 nitrogen and oxygen atoms in total. The summed E-state index contributed by atoms with van der Waals surface area (Å²) in [6.07, 6.45) is 3.31. The van der Waals surface area contributed by atoms with Gasteiger partial charge < -0.3 is 5.32 Å². The van der Waals surface area contributed by atoms with E-state index in [0.29, 0.717) is 17.9 Å². The highest BCUT2D eigenvalue weighted by Gasteiger charge is 2.67. The summed E-state index contributed by atoms with van der Waals surface area (Å²) in [6, 6.07) is 6.78. The minimum atomic E-state index is -0.768. The van der Waals surface area contributed by atoms with Gasteiger partial charge in [0.15, 0.2) is 0 Å². The highest BCUT2D eigenvalue weighted by molar-refractivity contribution is 9.12. The third kappa shape index (κ3) is 3.59. The first-order valence-corrected chi connectivity index (χ1v) is 13.1. The molecule has 2 bridgehead atoms. The van der Waals surface area contributed by atoms with E-state index in [2.05, 4.69) is 37.2 Å². The number of hydrogen-bond acceptors (Lipinski definition) is 4. The van der Waals surface area contributed by atoms with E-state index in [1.165, 1.54) is 4.90 Å². The molecule has 1 saturated heterocycles. The Hall–Kier alpha value is -0.860. The Morgan fingerprint density at radius 3 is 2.38 bits per heavy atom. The summed E-state index contributed by atoms with van der Waals surface area (Å²) in [4.78, 5) is 41.5. The van der Waals surface area contributed by atoms with Crippen LogP contribution in [0.4, 0.5) is 5.69 Å². The maximum atomic E-state index is 13.3. The van der Waals surface area contributed by atoms with Crippen LogP contribution in [0.15, 0.2) is 24.3 Å². The highest BCUT2D eigenvalue weighted by Crippen LogP contribution is 2.60. The minimum Gasteiger partial charge on any atom is -0.324 e. The SMILES string of the molecule is CSCC[C@@H](C(=O)Nc1cccc(C)c1)N1C(=O)[C@H]2[C@@H]3C[C@H]([C@@H](Br)[C@H]3Br)[C@@H]2C1=O. The molecule has 1 heterocycles. The molecular formula is C21H24Br2N2O3S. The number of amides is 3. The first kappa shape index (κ1) is 21.4. The van der Waals surface area contributed by atoms with Crippen LogP contribution in [0, 0.1) is 30.6 Å². The van der Waals surface area contributed by atoms with Gasteiger partial charge in [0.2, 0.25) is 17.7 Å². The second kappa shape index (κ2) is 8.35. The molecule has 0 radical (unpaired) electrons. The van der Waals surface area contributed by atoms with Crippen LogP contribution in [0.1, 0.15) is 18.4 Å². The predicted molar refractivity (Wildman–Crippen MR) is 122 cm³/mol. The van der Waals surface area contributed by atoms with Crippen LogP contribution in [-0.2, 0) is 14.4 Å². The van der Waals surface area contributed by atoms with E-state index in [0.717, 1.165) is 12.0 Å². The summed E-state index contributed by atoms with van der Waals surface area (Å²) >= 11 is 9.03. The molecular weight excluding hydrogens is 520 g/mol. The van der Waals surface area contributed by atoms with Crippen molar-refractivity contribution >= 4 is 67.0 Å². The van der Waals surface area contributed by atoms with Crippen LogP contribution in [0.3, 0.4) is 0 Å². The fraction of sp³-hybridized carbons (Fsp3) is 0.571. The zero-order valence-corrected chi connectivity index (χ0v) is 20.3. The van der Waals surface area contributed by atoms with E-state index >= 15 is 0 Å². The number of imide groups is 1. The van der Waals surface area contributed by atoms with Crippen LogP contribution in [0.5, 0.6) is 0 Å². The van der Waals surface area contributed by atoms with E-state index in [1.807, 2.05) is 37.4 Å². The number of aryl methyl sites for hydroxylation is 1. The van der Waals surface area contributed by atoms with Crippen molar-refractivity contribution in [3.63, 3.8) is 0 Å². The van der Waals surface area contributed by atoms with Gasteiger partial charge >= 0.3 is 0 Å². The number of hydrogen-bond donors (Lipinski definition) is 1. The molecule has 3 amide bonds. The molecule has 156 valence electrons. The number of alkyl halides is 2. The fourth-order valence-corrected chi connectivity index (χ4v) is 7.57. The first-order valence-electron chi connectivity index (χ1n) is 9.86. The van der Waals surface area contributed by atoms with Gasteiger partial charge in [-0.2, -0.15) is 11.8 Å². The molecule has 0 spiro atoms. The van der Waals surface area contributed by atoms with E-state index in [4.69, 9.17) is 0 Å². The molecule has 2 saturated carbocycles. The molecule has 0 unspecified atom stereocenters. The molecule has 1 aliphatic heterocycles. The van der Waals surface area contributed by atoms with E-state index < -0.39 is 6.04 Å². The number of fused-ring (bicyclic) bond motifs is 5. The molecule has 0 aromatic heterocycles. The van der Waals surface area contributed by atoms with Crippen molar-refractivity contribution in [2.75, 3.05) is 17.3 Å². The van der Waals surface area contributed by atoms with Gasteiger partial charge in [-0.1, -0.05) is 44.0 Å². The maximum absolute atomic E-state index is 13.3. The average Bonchev–Trinajstić information content (AvgIpc) is 3.28. The second-order valence-corrected chi connectivity index (χ2v) is 11.3. The summed E-state index contributed by atoms with van der Waals surface area (Å²) in [7, 11) is 0. The Balaban J connectivity index is 1.59. The number of likely N-dealkylation sites (tertiary alicyclic amines) is 1. The van der Waals surface area contributed by atoms with Crippen molar-refractivity contribution in [1.82, 2.24) is 4.90 Å². The summed E-state index contributed by atoms with van der Waals surface area (Å²) in [5.74, 6) is -0.210. The molecule has 3 fully saturated rings. The summed E-state index contributed by atoms with van der Waals surface area (Å²) in [6.45, 7) is 1.96. The lowest BCUT2D eigenvalue weighted by molar-refractivity contribution is -0.147. The van der Waals surface area contributed by atoms with Crippen molar-refractivity contribution in [3.05, 3.63) is 29.8 Å². The van der Waals surface area contributed by atoms with Crippen LogP contribution in [0.2, 0.25) is 0 Å². The molecule has 4 rings (SSSR count). The topological polar surface area (TPSA) is 66.5 Å². The zero-order valence-electron chi connectivity index (χ0n) is 16.3. The lowest BCUT2D eigenvalue weighted by atomic mass is 9.81. The van der Waals surface area contributed by atoms with Gasteiger partial charge in [0.1, 0.15) is 6.04 Å². The summed E-state index contributed by atoms with van der Waals surface area (Å²) in [5, 5.41) is 2.92. The van der Waals surface area contributed by atoms with Gasteiger partial charge in [0.05, 0.1) is 11.8 Å². The van der Waals surface area contributed by atoms with Crippen molar-refractivity contribution in [2.24, 2.45) is 23.7 Å². The van der Waals surface area contributed by atoms with Gasteiger partial charge in [-0.05, 0) is 61.3 Å². The monoisotopic (exact) mass is 542 g/mol. The third-order valence-electron chi connectivity index (χ3n) is 6.52. The lowest BCUT2D eigenvalue weighted by Crippen LogP contribution is -2.48. The number of anilines is 1. The van der Waals surface area contributed by atoms with Crippen LogP contribution in [0.25, 0.3) is 0 Å². The van der Waals surface area contributed by atoms with Gasteiger partial charge in [-0.15, -0.1) is 0 Å². The second-order valence-electron chi connectivity index (χ2n) is 8.21. The average molecular weight is 544 g/mol. The molecule has 1 aromatic carbocycles. The number of nitrogens with one attached hydrogen (secondary N) is 1. The Morgan fingerprint density at radius 1 is 1.21 bits per heavy atom. The standard InChI is InChI=1S/C21H24Br2N2O3S/c1-10-4-3-5-11(8-10)24-19(26)14(6-7-29-2)25-20(27)15-12-9-13(16(15)21(25)28)18(23)17(12)22/h3-5,8,12-18H,6-7,9H2,1-2H3,(H,24,26)/t12-,13-,14-,15-,16-,17-,18+/m0/s1. The van der Waals surface area contributed by atoms with Crippen LogP contribution < -0.4 is 5.32 Å². The summed E-state index contributed by atoms with van der Waals surface area (Å²) in [5.41, 5.74) is 1.72. The normalized spacial score (nSPS) is 33.9. The van der Waals surface area contributed by atoms with E-state index in [-0.39, 0.29) is 51.0 Å². The van der Waals surface area contributed by atoms with Gasteiger partial charge in [0.25, 0.3) is 0 Å². The van der Waals surface area contributed by atoms with Crippen LogP contribution >= 0.6 is 43.6 Å². The number of carbonyl (C=O) groups excluding carboxylic acids is 3. The molecule has 1 aromatic rings. The van der Waals surface area contributed by atoms with Crippen molar-refractivity contribution in [2.45, 2.75) is 35.5 Å². The number of carbonyl (C=O) groups is 3. The molecule has 8 heteroatoms. The van der Waals surface area contributed by atoms with Crippen LogP contribution in [-0.4, -0.2) is 50.3 Å². The Labute approximate surface area is 192 Å². The van der Waals surface area contributed by atoms with E-state index in [9.17, 15) is 14.4 Å². The van der Waals surface area contributed by atoms with E-state index in [1.54, 1.807) is 11.8 Å². The number of rotatable bonds is 6. The van der Waals surface area contributed by atoms with Crippen molar-refractivity contribution < 1.29 is 14.4 Å². The quantitative estimate of drug-likeness (QED) is 0.437. The molecule has 2 aliphatic carbocycles. The van der Waals surface area contributed by atoms with Gasteiger partial charge in [0, 0.05) is 15.3 Å². The Bertz CT molecular complexity index is 819. The first-order chi connectivity index (χ1) is 13.8. The van der Waals surface area contributed by atoms with Gasteiger partial charge in [-0.25, -0.2) is 0 Å². The number of nitrogens with zero attached hydrogens (tertiary/aromatic N) is 1. The molecule has 3 aliphatic rings. The molecule has 1 N–H and O–H groups in total. The summed E-state index contributed by atoms with van der Waals surface area (Å²) < 4.78 is 0. The number of thioether (sulfide) groups is 1. The zero-order chi connectivity index (χ0) is 20.9. The largest absolute Gasteiger partial charge is 0.324 e.